The molecule has 0 radical (unpaired) electrons. The van der Waals surface area contributed by atoms with Crippen LogP contribution in [0.25, 0.3) is 0 Å². The van der Waals surface area contributed by atoms with E-state index in [-0.39, 0.29) is 0 Å². The summed E-state index contributed by atoms with van der Waals surface area (Å²) in [6, 6.07) is 10.5. The van der Waals surface area contributed by atoms with Crippen molar-refractivity contribution >= 4 is 11.8 Å². The van der Waals surface area contributed by atoms with E-state index in [9.17, 15) is 0 Å². The highest BCUT2D eigenvalue weighted by Crippen LogP contribution is 2.14. The molecule has 0 aliphatic rings. The van der Waals surface area contributed by atoms with E-state index in [4.69, 9.17) is 9.90 Å². The predicted molar refractivity (Wildman–Crippen MR) is 58.4 cm³/mol. The molecule has 0 aliphatic heterocycles. The van der Waals surface area contributed by atoms with Gasteiger partial charge in [-0.2, -0.15) is 0 Å². The third-order valence-electron chi connectivity index (χ3n) is 1.70. The van der Waals surface area contributed by atoms with Gasteiger partial charge in [0.15, 0.2) is 0 Å². The lowest BCUT2D eigenvalue weighted by molar-refractivity contribution is -0.279. The van der Waals surface area contributed by atoms with Crippen LogP contribution in [-0.2, 0) is 4.74 Å². The zero-order chi connectivity index (χ0) is 11.9. The third kappa shape index (κ3) is 6.51. The first-order valence-corrected chi connectivity index (χ1v) is 4.50. The van der Waals surface area contributed by atoms with Crippen LogP contribution in [0, 0.1) is 0 Å². The molecule has 0 fully saturated rings. The summed E-state index contributed by atoms with van der Waals surface area (Å²) in [5, 5.41) is 9.03. The topological polar surface area (TPSA) is 49.4 Å². The second kappa shape index (κ2) is 6.03. The Hall–Kier alpha value is -1.55. The molecule has 0 atom stereocenters. The molecule has 15 heavy (non-hydrogen) atoms. The van der Waals surface area contributed by atoms with Gasteiger partial charge in [-0.25, -0.2) is 0 Å². The van der Waals surface area contributed by atoms with Crippen molar-refractivity contribution in [1.82, 2.24) is 4.48 Å². The quantitative estimate of drug-likeness (QED) is 0.511. The fourth-order valence-electron chi connectivity index (χ4n) is 0.875. The van der Waals surface area contributed by atoms with Crippen LogP contribution >= 0.6 is 0 Å². The Morgan fingerprint density at radius 2 is 1.60 bits per heavy atom. The lowest BCUT2D eigenvalue weighted by Crippen LogP contribution is -2.34. The summed E-state index contributed by atoms with van der Waals surface area (Å²) in [5.41, 5.74) is 1.34. The number of quaternary nitrogens is 1. The Morgan fingerprint density at radius 1 is 1.20 bits per heavy atom. The van der Waals surface area contributed by atoms with Crippen LogP contribution in [0.5, 0.6) is 0 Å². The molecule has 0 aliphatic carbocycles. The summed E-state index contributed by atoms with van der Waals surface area (Å²) in [7, 11) is 7.52. The SMILES string of the molecule is COC(=O)[O-].C[N+](C)(C)c1ccccc1. The zero-order valence-electron chi connectivity index (χ0n) is 9.56. The van der Waals surface area contributed by atoms with Crippen LogP contribution in [0.2, 0.25) is 0 Å². The predicted octanol–water partition coefficient (Wildman–Crippen LogP) is 0.859. The first kappa shape index (κ1) is 13.4. The molecule has 0 amide bonds. The minimum atomic E-state index is -1.50. The number of para-hydroxylation sites is 1. The van der Waals surface area contributed by atoms with Gasteiger partial charge in [0.1, 0.15) is 5.69 Å². The maximum Gasteiger partial charge on any atom is 0.251 e. The summed E-state index contributed by atoms with van der Waals surface area (Å²) in [5.74, 6) is 0. The number of ether oxygens (including phenoxy) is 1. The molecule has 0 saturated heterocycles. The molecule has 0 unspecified atom stereocenters. The lowest BCUT2D eigenvalue weighted by atomic mass is 10.3. The van der Waals surface area contributed by atoms with Crippen molar-refractivity contribution in [1.29, 1.82) is 0 Å². The maximum atomic E-state index is 9.03. The summed E-state index contributed by atoms with van der Waals surface area (Å²) in [6.07, 6.45) is -1.50. The van der Waals surface area contributed by atoms with Crippen LogP contribution in [0.4, 0.5) is 10.5 Å². The van der Waals surface area contributed by atoms with Gasteiger partial charge in [-0.05, 0) is 12.1 Å². The molecule has 0 heterocycles. The molecule has 0 aromatic heterocycles. The van der Waals surface area contributed by atoms with Gasteiger partial charge >= 0.3 is 0 Å². The van der Waals surface area contributed by atoms with Crippen LogP contribution in [0.3, 0.4) is 0 Å². The molecule has 0 spiro atoms. The standard InChI is InChI=1S/C9H14N.C2H4O3/c1-10(2,3)9-7-5-4-6-8-9;1-5-2(3)4/h4-8H,1-3H3;1H3,(H,3,4)/q+1;/p-1. The Balaban J connectivity index is 0.000000336. The van der Waals surface area contributed by atoms with E-state index in [1.165, 1.54) is 5.69 Å². The molecule has 1 aromatic rings. The molecule has 0 N–H and O–H groups in total. The molecule has 84 valence electrons. The van der Waals surface area contributed by atoms with Crippen molar-refractivity contribution in [2.75, 3.05) is 28.3 Å². The van der Waals surface area contributed by atoms with Crippen LogP contribution in [-0.4, -0.2) is 34.4 Å². The van der Waals surface area contributed by atoms with Crippen molar-refractivity contribution in [3.63, 3.8) is 0 Å². The number of nitrogens with zero attached hydrogens (tertiary/aromatic N) is 1. The average molecular weight is 211 g/mol. The van der Waals surface area contributed by atoms with Gasteiger partial charge < -0.3 is 14.6 Å². The van der Waals surface area contributed by atoms with E-state index in [1.807, 2.05) is 6.07 Å². The molecule has 4 nitrogen and oxygen atoms in total. The highest BCUT2D eigenvalue weighted by Gasteiger charge is 2.08. The molecule has 0 bridgehead atoms. The zero-order valence-corrected chi connectivity index (χ0v) is 9.56. The van der Waals surface area contributed by atoms with Crippen molar-refractivity contribution in [3.8, 4) is 0 Å². The smallest absolute Gasteiger partial charge is 0.251 e. The first-order valence-electron chi connectivity index (χ1n) is 4.50. The minimum Gasteiger partial charge on any atom is -0.553 e. The first-order chi connectivity index (χ1) is 6.88. The number of carbonyl (C=O) groups excluding carboxylic acids is 1. The van der Waals surface area contributed by atoms with Gasteiger partial charge in [-0.1, -0.05) is 18.2 Å². The largest absolute Gasteiger partial charge is 0.553 e. The van der Waals surface area contributed by atoms with E-state index < -0.39 is 6.16 Å². The molecular formula is C11H17NO3. The second-order valence-electron chi connectivity index (χ2n) is 3.80. The van der Waals surface area contributed by atoms with E-state index >= 15 is 0 Å². The van der Waals surface area contributed by atoms with Crippen molar-refractivity contribution in [3.05, 3.63) is 30.3 Å². The number of benzene rings is 1. The van der Waals surface area contributed by atoms with Crippen LogP contribution in [0.15, 0.2) is 30.3 Å². The summed E-state index contributed by atoms with van der Waals surface area (Å²) in [4.78, 5) is 9.03. The number of methoxy groups -OCH3 is 1. The fourth-order valence-corrected chi connectivity index (χ4v) is 0.875. The molecular weight excluding hydrogens is 194 g/mol. The Labute approximate surface area is 90.3 Å². The highest BCUT2D eigenvalue weighted by atomic mass is 16.6. The number of hydrogen-bond acceptors (Lipinski definition) is 3. The lowest BCUT2D eigenvalue weighted by Gasteiger charge is -2.22. The molecule has 4 heteroatoms. The minimum absolute atomic E-state index is 0.890. The fraction of sp³-hybridized carbons (Fsp3) is 0.364. The van der Waals surface area contributed by atoms with Gasteiger partial charge in [0.2, 0.25) is 0 Å². The Kier molecular flexibility index (Phi) is 5.41. The van der Waals surface area contributed by atoms with E-state index in [0.717, 1.165) is 11.6 Å². The van der Waals surface area contributed by atoms with Crippen molar-refractivity contribution in [2.24, 2.45) is 0 Å². The summed E-state index contributed by atoms with van der Waals surface area (Å²) in [6.45, 7) is 0. The number of rotatable bonds is 1. The molecule has 1 aromatic carbocycles. The van der Waals surface area contributed by atoms with Gasteiger partial charge in [-0.3, -0.25) is 4.48 Å². The monoisotopic (exact) mass is 211 g/mol. The second-order valence-corrected chi connectivity index (χ2v) is 3.80. The Morgan fingerprint density at radius 3 is 1.80 bits per heavy atom. The van der Waals surface area contributed by atoms with Gasteiger partial charge in [0, 0.05) is 7.11 Å². The average Bonchev–Trinajstić information content (AvgIpc) is 2.19. The maximum absolute atomic E-state index is 9.03. The summed E-state index contributed by atoms with van der Waals surface area (Å²) < 4.78 is 4.45. The summed E-state index contributed by atoms with van der Waals surface area (Å²) >= 11 is 0. The number of carbonyl (C=O) groups is 1. The van der Waals surface area contributed by atoms with Gasteiger partial charge in [0.25, 0.3) is 6.16 Å². The van der Waals surface area contributed by atoms with E-state index in [0.29, 0.717) is 0 Å². The highest BCUT2D eigenvalue weighted by molar-refractivity contribution is 5.53. The van der Waals surface area contributed by atoms with E-state index in [2.05, 4.69) is 50.1 Å². The third-order valence-corrected chi connectivity index (χ3v) is 1.70. The van der Waals surface area contributed by atoms with Crippen molar-refractivity contribution < 1.29 is 14.6 Å². The number of carboxylic acid groups (broad SMARTS) is 1. The van der Waals surface area contributed by atoms with Gasteiger partial charge in [0.05, 0.1) is 21.1 Å². The van der Waals surface area contributed by atoms with Crippen LogP contribution in [0.1, 0.15) is 0 Å². The van der Waals surface area contributed by atoms with E-state index in [1.54, 1.807) is 0 Å². The Bertz CT molecular complexity index is 290. The normalized spacial score (nSPS) is 9.87. The molecule has 1 rings (SSSR count). The number of hydrogen-bond donors (Lipinski definition) is 0. The van der Waals surface area contributed by atoms with Crippen LogP contribution < -0.4 is 9.59 Å². The van der Waals surface area contributed by atoms with Gasteiger partial charge in [-0.15, -0.1) is 0 Å². The molecule has 0 saturated carbocycles. The van der Waals surface area contributed by atoms with Crippen molar-refractivity contribution in [2.45, 2.75) is 0 Å².